The fourth-order valence-electron chi connectivity index (χ4n) is 5.89. The van der Waals surface area contributed by atoms with E-state index < -0.39 is 5.82 Å². The van der Waals surface area contributed by atoms with E-state index in [4.69, 9.17) is 27.8 Å². The Labute approximate surface area is 339 Å². The van der Waals surface area contributed by atoms with Gasteiger partial charge in [-0.25, -0.2) is 9.59 Å². The number of benzene rings is 1. The second-order valence-corrected chi connectivity index (χ2v) is 16.8. The van der Waals surface area contributed by atoms with Crippen molar-refractivity contribution < 1.29 is 47.0 Å². The van der Waals surface area contributed by atoms with Gasteiger partial charge in [0.1, 0.15) is 34.9 Å². The highest BCUT2D eigenvalue weighted by molar-refractivity contribution is 5.94. The van der Waals surface area contributed by atoms with Gasteiger partial charge in [-0.05, 0) is 67.2 Å². The Hall–Kier alpha value is -4.67. The number of ether oxygens (including phenoxy) is 4. The van der Waals surface area contributed by atoms with E-state index in [9.17, 15) is 24.0 Å². The number of aryl methyl sites for hydroxylation is 1. The van der Waals surface area contributed by atoms with Crippen LogP contribution in [0.25, 0.3) is 0 Å². The molecule has 4 aliphatic rings. The minimum Gasteiger partial charge on any atom is -0.454 e. The minimum absolute atomic E-state index is 0.0521. The summed E-state index contributed by atoms with van der Waals surface area (Å²) in [5, 5.41) is 0. The molecular formula is C46H66O11. The van der Waals surface area contributed by atoms with Gasteiger partial charge in [-0.2, -0.15) is 0 Å². The van der Waals surface area contributed by atoms with Crippen molar-refractivity contribution in [2.24, 2.45) is 41.4 Å². The molecule has 11 nitrogen and oxygen atoms in total. The van der Waals surface area contributed by atoms with Crippen molar-refractivity contribution in [1.29, 1.82) is 0 Å². The lowest BCUT2D eigenvalue weighted by atomic mass is 9.94. The molecule has 1 aromatic carbocycles. The van der Waals surface area contributed by atoms with Crippen molar-refractivity contribution in [2.45, 2.75) is 135 Å². The highest BCUT2D eigenvalue weighted by atomic mass is 16.6. The van der Waals surface area contributed by atoms with Crippen molar-refractivity contribution in [2.75, 3.05) is 0 Å². The Balaban J connectivity index is 0.000000247. The molecule has 0 radical (unpaired) electrons. The highest BCUT2D eigenvalue weighted by Gasteiger charge is 2.32. The maximum atomic E-state index is 11.4. The molecule has 0 fully saturated rings. The molecular weight excluding hydrogens is 728 g/mol. The summed E-state index contributed by atoms with van der Waals surface area (Å²) < 4.78 is 29.8. The van der Waals surface area contributed by atoms with Crippen molar-refractivity contribution >= 4 is 23.9 Å². The predicted molar refractivity (Wildman–Crippen MR) is 218 cm³/mol. The summed E-state index contributed by atoms with van der Waals surface area (Å²) in [4.78, 5) is 54.1. The predicted octanol–water partition coefficient (Wildman–Crippen LogP) is 10.8. The number of esters is 4. The van der Waals surface area contributed by atoms with E-state index in [2.05, 4.69) is 83.1 Å². The Morgan fingerprint density at radius 1 is 0.649 bits per heavy atom. The van der Waals surface area contributed by atoms with E-state index in [-0.39, 0.29) is 30.0 Å². The molecule has 0 amide bonds. The van der Waals surface area contributed by atoms with Gasteiger partial charge in [0.2, 0.25) is 0 Å². The smallest absolute Gasteiger partial charge is 0.454 e. The zero-order valence-electron chi connectivity index (χ0n) is 36.6. The summed E-state index contributed by atoms with van der Waals surface area (Å²) in [5.74, 6) is 5.92. The van der Waals surface area contributed by atoms with Crippen LogP contribution in [0.5, 0.6) is 0 Å². The highest BCUT2D eigenvalue weighted by Crippen LogP contribution is 2.35. The lowest BCUT2D eigenvalue weighted by molar-refractivity contribution is -0.138. The Morgan fingerprint density at radius 2 is 1.23 bits per heavy atom. The van der Waals surface area contributed by atoms with Gasteiger partial charge in [-0.15, -0.1) is 0 Å². The lowest BCUT2D eigenvalue weighted by Gasteiger charge is -2.16. The average molecular weight is 795 g/mol. The number of hydrogen-bond acceptors (Lipinski definition) is 11. The third-order valence-electron chi connectivity index (χ3n) is 9.72. The Morgan fingerprint density at radius 3 is 1.67 bits per heavy atom. The average Bonchev–Trinajstić information content (AvgIpc) is 3.95. The first kappa shape index (κ1) is 48.5. The fraction of sp³-hybridized carbons (Fsp3) is 0.587. The molecule has 57 heavy (non-hydrogen) atoms. The maximum Gasteiger partial charge on any atom is 0.519 e. The van der Waals surface area contributed by atoms with Crippen LogP contribution >= 0.6 is 0 Å². The number of hydrogen-bond donors (Lipinski definition) is 0. The lowest BCUT2D eigenvalue weighted by Crippen LogP contribution is -2.09. The largest absolute Gasteiger partial charge is 0.519 e. The molecule has 3 unspecified atom stereocenters. The number of rotatable bonds is 9. The summed E-state index contributed by atoms with van der Waals surface area (Å²) in [7, 11) is 0. The Bertz CT molecular complexity index is 1810. The topological polar surface area (TPSA) is 149 Å². The molecule has 0 aliphatic carbocycles. The quantitative estimate of drug-likeness (QED) is 0.176. The van der Waals surface area contributed by atoms with Crippen LogP contribution in [0.15, 0.2) is 72.9 Å². The van der Waals surface area contributed by atoms with Gasteiger partial charge < -0.3 is 27.8 Å². The van der Waals surface area contributed by atoms with Crippen LogP contribution in [0.3, 0.4) is 0 Å². The van der Waals surface area contributed by atoms with E-state index >= 15 is 0 Å². The molecule has 2 aromatic rings. The standard InChI is InChI=1S/C11H12O2.C10H16O2.C9H14O2.C8H12O3.C8H12O2/c1-7(2)10-8-5-3-4-6-9(8)11(12)13-10;1-6(2)8(4)10-7(3)5-9(11)12-10;1-6(2)7(3)8-4-5-9(10)11-8;1-5(2)4-7-6(3)10-8(9)11-7;1-6(2)5-7-3-4-8(9)10-7/h3-7,10H,1-2H3;6,8H,5H2,1-4H3;4,6-7H,5H2,1-3H3;5H,4H2,1-3H3;3,6H,4-5H2,1-2H3. The van der Waals surface area contributed by atoms with Gasteiger partial charge in [-0.1, -0.05) is 101 Å². The van der Waals surface area contributed by atoms with Gasteiger partial charge in [-0.3, -0.25) is 14.4 Å². The molecule has 316 valence electrons. The van der Waals surface area contributed by atoms with Crippen molar-refractivity contribution in [3.8, 4) is 0 Å². The van der Waals surface area contributed by atoms with Gasteiger partial charge in [0.25, 0.3) is 0 Å². The van der Waals surface area contributed by atoms with Crippen LogP contribution in [0.1, 0.15) is 149 Å². The molecule has 3 atom stereocenters. The van der Waals surface area contributed by atoms with Crippen LogP contribution < -0.4 is 5.82 Å². The summed E-state index contributed by atoms with van der Waals surface area (Å²) in [5.41, 5.74) is 2.85. The van der Waals surface area contributed by atoms with E-state index in [0.29, 0.717) is 72.2 Å². The second-order valence-electron chi connectivity index (χ2n) is 16.8. The van der Waals surface area contributed by atoms with Gasteiger partial charge in [0.05, 0.1) is 24.8 Å². The van der Waals surface area contributed by atoms with Gasteiger partial charge in [0, 0.05) is 30.2 Å². The first-order chi connectivity index (χ1) is 26.6. The van der Waals surface area contributed by atoms with Crippen molar-refractivity contribution in [3.63, 3.8) is 0 Å². The van der Waals surface area contributed by atoms with E-state index in [1.54, 1.807) is 6.92 Å². The minimum atomic E-state index is -0.599. The van der Waals surface area contributed by atoms with Crippen LogP contribution in [0.4, 0.5) is 0 Å². The van der Waals surface area contributed by atoms with Crippen LogP contribution in [-0.2, 0) is 39.8 Å². The van der Waals surface area contributed by atoms with E-state index in [0.717, 1.165) is 46.8 Å². The SMILES string of the molecule is CC(C)C(C)C1=CCC(=O)O1.CC(C)C1OC(=O)c2ccccc21.CC(C)CC1=CCC(=O)O1.CC1=C(C(C)C(C)C)OC(=O)C1.Cc1oc(=O)oc1CC(C)C. The molecule has 0 spiro atoms. The molecule has 0 N–H and O–H groups in total. The van der Waals surface area contributed by atoms with Gasteiger partial charge >= 0.3 is 29.7 Å². The summed E-state index contributed by atoms with van der Waals surface area (Å²) in [6.45, 7) is 28.8. The normalized spacial score (nSPS) is 17.9. The molecule has 0 saturated heterocycles. The van der Waals surface area contributed by atoms with Crippen LogP contribution in [-0.4, -0.2) is 23.9 Å². The number of allylic oxidation sites excluding steroid dienone is 3. The summed E-state index contributed by atoms with van der Waals surface area (Å²) in [6.07, 6.45) is 6.73. The monoisotopic (exact) mass is 794 g/mol. The number of carbonyl (C=O) groups excluding carboxylic acids is 4. The molecule has 11 heteroatoms. The van der Waals surface area contributed by atoms with Crippen molar-refractivity contribution in [1.82, 2.24) is 0 Å². The van der Waals surface area contributed by atoms with Crippen LogP contribution in [0, 0.1) is 48.3 Å². The molecule has 6 rings (SSSR count). The number of cyclic esters (lactones) is 4. The van der Waals surface area contributed by atoms with Crippen LogP contribution in [0.2, 0.25) is 0 Å². The third kappa shape index (κ3) is 16.0. The number of carbonyl (C=O) groups is 4. The molecule has 1 aromatic heterocycles. The van der Waals surface area contributed by atoms with Crippen molar-refractivity contribution in [3.05, 3.63) is 92.5 Å². The molecule has 0 saturated carbocycles. The second kappa shape index (κ2) is 22.9. The zero-order valence-corrected chi connectivity index (χ0v) is 36.6. The Kier molecular flexibility index (Phi) is 19.5. The third-order valence-corrected chi connectivity index (χ3v) is 9.72. The first-order valence-corrected chi connectivity index (χ1v) is 20.2. The molecule has 5 heterocycles. The van der Waals surface area contributed by atoms with E-state index in [1.807, 2.05) is 43.3 Å². The number of fused-ring (bicyclic) bond motifs is 1. The maximum absolute atomic E-state index is 11.4. The first-order valence-electron chi connectivity index (χ1n) is 20.2. The zero-order chi connectivity index (χ0) is 43.1. The van der Waals surface area contributed by atoms with Gasteiger partial charge in [0.15, 0.2) is 0 Å². The molecule has 0 bridgehead atoms. The fourth-order valence-corrected chi connectivity index (χ4v) is 5.89. The van der Waals surface area contributed by atoms with E-state index in [1.165, 1.54) is 0 Å². The summed E-state index contributed by atoms with van der Waals surface area (Å²) >= 11 is 0. The summed E-state index contributed by atoms with van der Waals surface area (Å²) in [6, 6.07) is 7.59. The molecule has 4 aliphatic heterocycles.